The molecule has 3 atom stereocenters. The SMILES string of the molecule is CC(=O)Nc1cccc(CN2[C@@H]3CCCC[C@@H]3C[C@H]2C(=O)O)c1. The van der Waals surface area contributed by atoms with Crippen LogP contribution in [0.4, 0.5) is 5.69 Å². The highest BCUT2D eigenvalue weighted by atomic mass is 16.4. The van der Waals surface area contributed by atoms with Crippen molar-refractivity contribution in [1.29, 1.82) is 0 Å². The zero-order valence-electron chi connectivity index (χ0n) is 13.5. The summed E-state index contributed by atoms with van der Waals surface area (Å²) in [7, 11) is 0. The van der Waals surface area contributed by atoms with Crippen molar-refractivity contribution in [2.45, 2.75) is 57.7 Å². The summed E-state index contributed by atoms with van der Waals surface area (Å²) in [5, 5.41) is 12.4. The van der Waals surface area contributed by atoms with Crippen LogP contribution in [0, 0.1) is 5.92 Å². The van der Waals surface area contributed by atoms with E-state index in [0.717, 1.165) is 30.5 Å². The van der Waals surface area contributed by atoms with Crippen LogP contribution >= 0.6 is 0 Å². The van der Waals surface area contributed by atoms with E-state index in [0.29, 0.717) is 18.5 Å². The lowest BCUT2D eigenvalue weighted by atomic mass is 9.84. The highest BCUT2D eigenvalue weighted by molar-refractivity contribution is 5.88. The number of nitrogens with one attached hydrogen (secondary N) is 1. The van der Waals surface area contributed by atoms with Gasteiger partial charge in [0.25, 0.3) is 0 Å². The first-order chi connectivity index (χ1) is 11.0. The number of carboxylic acid groups (broad SMARTS) is 1. The van der Waals surface area contributed by atoms with Crippen molar-refractivity contribution in [3.8, 4) is 0 Å². The van der Waals surface area contributed by atoms with E-state index in [2.05, 4.69) is 10.2 Å². The smallest absolute Gasteiger partial charge is 0.320 e. The summed E-state index contributed by atoms with van der Waals surface area (Å²) < 4.78 is 0. The third-order valence-electron chi connectivity index (χ3n) is 5.12. The van der Waals surface area contributed by atoms with Crippen LogP contribution in [0.25, 0.3) is 0 Å². The van der Waals surface area contributed by atoms with Gasteiger partial charge >= 0.3 is 5.97 Å². The summed E-state index contributed by atoms with van der Waals surface area (Å²) in [5.41, 5.74) is 1.81. The molecule has 1 aliphatic heterocycles. The van der Waals surface area contributed by atoms with Gasteiger partial charge in [0, 0.05) is 25.2 Å². The van der Waals surface area contributed by atoms with E-state index in [-0.39, 0.29) is 11.9 Å². The minimum Gasteiger partial charge on any atom is -0.480 e. The van der Waals surface area contributed by atoms with Gasteiger partial charge in [0.05, 0.1) is 0 Å². The first-order valence-corrected chi connectivity index (χ1v) is 8.39. The van der Waals surface area contributed by atoms with Gasteiger partial charge in [-0.05, 0) is 42.9 Å². The number of nitrogens with zero attached hydrogens (tertiary/aromatic N) is 1. The molecule has 1 aromatic rings. The number of benzene rings is 1. The second kappa shape index (κ2) is 6.71. The lowest BCUT2D eigenvalue weighted by Gasteiger charge is -2.33. The minimum absolute atomic E-state index is 0.0981. The molecule has 5 heteroatoms. The molecule has 124 valence electrons. The van der Waals surface area contributed by atoms with Crippen LogP contribution in [0.1, 0.15) is 44.6 Å². The minimum atomic E-state index is -0.711. The second-order valence-electron chi connectivity index (χ2n) is 6.76. The van der Waals surface area contributed by atoms with Gasteiger partial charge in [0.15, 0.2) is 0 Å². The molecule has 2 N–H and O–H groups in total. The largest absolute Gasteiger partial charge is 0.480 e. The van der Waals surface area contributed by atoms with Gasteiger partial charge < -0.3 is 10.4 Å². The Bertz CT molecular complexity index is 602. The molecule has 23 heavy (non-hydrogen) atoms. The van der Waals surface area contributed by atoms with Gasteiger partial charge in [-0.1, -0.05) is 25.0 Å². The Kier molecular flexibility index (Phi) is 4.66. The molecule has 0 radical (unpaired) electrons. The van der Waals surface area contributed by atoms with Crippen molar-refractivity contribution in [2.24, 2.45) is 5.92 Å². The fraction of sp³-hybridized carbons (Fsp3) is 0.556. The van der Waals surface area contributed by atoms with Gasteiger partial charge in [0.1, 0.15) is 6.04 Å². The maximum atomic E-state index is 11.7. The molecule has 0 bridgehead atoms. The molecular formula is C18H24N2O3. The maximum Gasteiger partial charge on any atom is 0.320 e. The molecule has 1 aliphatic carbocycles. The molecule has 1 saturated carbocycles. The van der Waals surface area contributed by atoms with Crippen LogP contribution in [0.15, 0.2) is 24.3 Å². The summed E-state index contributed by atoms with van der Waals surface area (Å²) in [4.78, 5) is 25.0. The van der Waals surface area contributed by atoms with Gasteiger partial charge in [-0.15, -0.1) is 0 Å². The van der Waals surface area contributed by atoms with Crippen LogP contribution in [0.2, 0.25) is 0 Å². The molecule has 5 nitrogen and oxygen atoms in total. The Hall–Kier alpha value is -1.88. The molecule has 3 rings (SSSR count). The number of carbonyl (C=O) groups is 2. The predicted molar refractivity (Wildman–Crippen MR) is 88.1 cm³/mol. The number of hydrogen-bond donors (Lipinski definition) is 2. The molecule has 1 heterocycles. The normalized spacial score (nSPS) is 27.4. The molecule has 0 unspecified atom stereocenters. The number of likely N-dealkylation sites (tertiary alicyclic amines) is 1. The summed E-state index contributed by atoms with van der Waals surface area (Å²) in [6, 6.07) is 7.70. The number of amides is 1. The summed E-state index contributed by atoms with van der Waals surface area (Å²) in [6.07, 6.45) is 5.43. The number of carboxylic acids is 1. The molecule has 0 spiro atoms. The van der Waals surface area contributed by atoms with Crippen molar-refractivity contribution in [1.82, 2.24) is 4.90 Å². The monoisotopic (exact) mass is 316 g/mol. The summed E-state index contributed by atoms with van der Waals surface area (Å²) >= 11 is 0. The van der Waals surface area contributed by atoms with Crippen LogP contribution in [-0.4, -0.2) is 34.0 Å². The number of aliphatic carboxylic acids is 1. The average Bonchev–Trinajstić information content (AvgIpc) is 2.86. The molecule has 1 saturated heterocycles. The molecule has 0 aromatic heterocycles. The Morgan fingerprint density at radius 2 is 2.09 bits per heavy atom. The average molecular weight is 316 g/mol. The first-order valence-electron chi connectivity index (χ1n) is 8.39. The summed E-state index contributed by atoms with van der Waals surface area (Å²) in [5.74, 6) is -0.292. The van der Waals surface area contributed by atoms with Crippen LogP contribution in [0.3, 0.4) is 0 Å². The number of fused-ring (bicyclic) bond motifs is 1. The topological polar surface area (TPSA) is 69.6 Å². The van der Waals surface area contributed by atoms with Crippen molar-refractivity contribution in [3.63, 3.8) is 0 Å². The second-order valence-corrected chi connectivity index (χ2v) is 6.76. The Morgan fingerprint density at radius 3 is 2.83 bits per heavy atom. The lowest BCUT2D eigenvalue weighted by Crippen LogP contribution is -2.41. The van der Waals surface area contributed by atoms with Crippen molar-refractivity contribution in [3.05, 3.63) is 29.8 Å². The number of rotatable bonds is 4. The van der Waals surface area contributed by atoms with Gasteiger partial charge in [-0.3, -0.25) is 14.5 Å². The van der Waals surface area contributed by atoms with Gasteiger partial charge in [0.2, 0.25) is 5.91 Å². The third kappa shape index (κ3) is 3.55. The van der Waals surface area contributed by atoms with Crippen molar-refractivity contribution in [2.75, 3.05) is 5.32 Å². The highest BCUT2D eigenvalue weighted by Gasteiger charge is 2.44. The van der Waals surface area contributed by atoms with Gasteiger partial charge in [-0.2, -0.15) is 0 Å². The van der Waals surface area contributed by atoms with E-state index in [1.807, 2.05) is 24.3 Å². The third-order valence-corrected chi connectivity index (χ3v) is 5.12. The predicted octanol–water partition coefficient (Wildman–Crippen LogP) is 2.86. The van der Waals surface area contributed by atoms with E-state index < -0.39 is 5.97 Å². The molecule has 2 aliphatic rings. The Morgan fingerprint density at radius 1 is 1.30 bits per heavy atom. The number of hydrogen-bond acceptors (Lipinski definition) is 3. The van der Waals surface area contributed by atoms with E-state index in [1.165, 1.54) is 19.8 Å². The zero-order chi connectivity index (χ0) is 16.4. The van der Waals surface area contributed by atoms with Crippen LogP contribution in [0.5, 0.6) is 0 Å². The number of anilines is 1. The zero-order valence-corrected chi connectivity index (χ0v) is 13.5. The van der Waals surface area contributed by atoms with E-state index in [1.54, 1.807) is 0 Å². The molecular weight excluding hydrogens is 292 g/mol. The Balaban J connectivity index is 1.78. The quantitative estimate of drug-likeness (QED) is 0.896. The lowest BCUT2D eigenvalue weighted by molar-refractivity contribution is -0.142. The number of carbonyl (C=O) groups excluding carboxylic acids is 1. The molecule has 1 amide bonds. The maximum absolute atomic E-state index is 11.7. The van der Waals surface area contributed by atoms with E-state index >= 15 is 0 Å². The molecule has 1 aromatic carbocycles. The van der Waals surface area contributed by atoms with E-state index in [9.17, 15) is 14.7 Å². The Labute approximate surface area is 136 Å². The van der Waals surface area contributed by atoms with Crippen molar-refractivity contribution >= 4 is 17.6 Å². The standard InChI is InChI=1S/C18H24N2O3/c1-12(21)19-15-7-4-5-13(9-15)11-20-16-8-3-2-6-14(16)10-17(20)18(22)23/h4-5,7,9,14,16-17H,2-3,6,8,10-11H2,1H3,(H,19,21)(H,22,23)/t14-,16-,17+/m1/s1. The highest BCUT2D eigenvalue weighted by Crippen LogP contribution is 2.40. The van der Waals surface area contributed by atoms with Crippen molar-refractivity contribution < 1.29 is 14.7 Å². The van der Waals surface area contributed by atoms with E-state index in [4.69, 9.17) is 0 Å². The first kappa shape index (κ1) is 16.0. The fourth-order valence-corrected chi connectivity index (χ4v) is 4.18. The van der Waals surface area contributed by atoms with Crippen LogP contribution < -0.4 is 5.32 Å². The fourth-order valence-electron chi connectivity index (χ4n) is 4.18. The van der Waals surface area contributed by atoms with Gasteiger partial charge in [-0.25, -0.2) is 0 Å². The van der Waals surface area contributed by atoms with Crippen LogP contribution in [-0.2, 0) is 16.1 Å². The summed E-state index contributed by atoms with van der Waals surface area (Å²) in [6.45, 7) is 2.12. The molecule has 2 fully saturated rings.